The van der Waals surface area contributed by atoms with Crippen LogP contribution in [0.2, 0.25) is 0 Å². The quantitative estimate of drug-likeness (QED) is 0.623. The molecule has 29 heavy (non-hydrogen) atoms. The van der Waals surface area contributed by atoms with Gasteiger partial charge in [-0.2, -0.15) is 0 Å². The highest BCUT2D eigenvalue weighted by atomic mass is 32.2. The highest BCUT2D eigenvalue weighted by molar-refractivity contribution is 7.89. The molecule has 0 spiro atoms. The van der Waals surface area contributed by atoms with Crippen LogP contribution in [0.3, 0.4) is 0 Å². The second-order valence-electron chi connectivity index (χ2n) is 7.07. The van der Waals surface area contributed by atoms with Crippen LogP contribution < -0.4 is 14.4 Å². The molecule has 6 heteroatoms. The molecule has 1 saturated heterocycles. The highest BCUT2D eigenvalue weighted by Crippen LogP contribution is 2.23. The number of sulfonamides is 1. The van der Waals surface area contributed by atoms with Crippen LogP contribution >= 0.6 is 0 Å². The fourth-order valence-corrected chi connectivity index (χ4v) is 4.39. The Balaban J connectivity index is 1.37. The van der Waals surface area contributed by atoms with Crippen LogP contribution in [-0.4, -0.2) is 21.5 Å². The van der Waals surface area contributed by atoms with E-state index >= 15 is 0 Å². The van der Waals surface area contributed by atoms with Crippen LogP contribution in [0, 0.1) is 0 Å². The molecule has 0 aromatic heterocycles. The first-order valence-corrected chi connectivity index (χ1v) is 11.2. The van der Waals surface area contributed by atoms with Crippen LogP contribution in [0.25, 0.3) is 0 Å². The van der Waals surface area contributed by atoms with E-state index in [4.69, 9.17) is 4.74 Å². The van der Waals surface area contributed by atoms with Gasteiger partial charge >= 0.3 is 0 Å². The third kappa shape index (κ3) is 4.96. The molecular formula is C23H24N2O3S. The summed E-state index contributed by atoms with van der Waals surface area (Å²) < 4.78 is 33.6. The summed E-state index contributed by atoms with van der Waals surface area (Å²) in [7, 11) is -3.59. The zero-order valence-corrected chi connectivity index (χ0v) is 16.9. The Morgan fingerprint density at radius 3 is 2.07 bits per heavy atom. The first-order valence-electron chi connectivity index (χ1n) is 9.77. The summed E-state index contributed by atoms with van der Waals surface area (Å²) in [5, 5.41) is 0. The van der Waals surface area contributed by atoms with Gasteiger partial charge in [-0.25, -0.2) is 13.1 Å². The number of nitrogens with one attached hydrogen (secondary N) is 1. The number of nitrogens with zero attached hydrogens (tertiary/aromatic N) is 1. The molecular weight excluding hydrogens is 384 g/mol. The van der Waals surface area contributed by atoms with Crippen molar-refractivity contribution >= 4 is 15.7 Å². The Morgan fingerprint density at radius 1 is 0.793 bits per heavy atom. The Bertz CT molecular complexity index is 1030. The summed E-state index contributed by atoms with van der Waals surface area (Å²) in [6.45, 7) is 2.44. The van der Waals surface area contributed by atoms with Crippen LogP contribution in [-0.2, 0) is 16.6 Å². The van der Waals surface area contributed by atoms with Gasteiger partial charge in [0.15, 0.2) is 0 Å². The Hall–Kier alpha value is -2.83. The van der Waals surface area contributed by atoms with E-state index in [9.17, 15) is 8.42 Å². The van der Waals surface area contributed by atoms with Crippen molar-refractivity contribution < 1.29 is 13.2 Å². The van der Waals surface area contributed by atoms with Crippen molar-refractivity contribution in [3.05, 3.63) is 84.4 Å². The number of para-hydroxylation sites is 1. The molecule has 1 N–H and O–H groups in total. The molecule has 0 aliphatic carbocycles. The third-order valence-electron chi connectivity index (χ3n) is 4.99. The summed E-state index contributed by atoms with van der Waals surface area (Å²) in [6.07, 6.45) is 2.47. The summed E-state index contributed by atoms with van der Waals surface area (Å²) in [5.41, 5.74) is 2.13. The van der Waals surface area contributed by atoms with Crippen molar-refractivity contribution in [2.24, 2.45) is 0 Å². The van der Waals surface area contributed by atoms with E-state index in [1.807, 2.05) is 42.5 Å². The predicted octanol–water partition coefficient (Wildman–Crippen LogP) is 4.56. The molecule has 0 bridgehead atoms. The lowest BCUT2D eigenvalue weighted by Gasteiger charge is -2.17. The van der Waals surface area contributed by atoms with E-state index < -0.39 is 10.0 Å². The molecule has 3 aromatic rings. The summed E-state index contributed by atoms with van der Waals surface area (Å²) in [6, 6.07) is 23.9. The maximum absolute atomic E-state index is 12.6. The Morgan fingerprint density at radius 2 is 1.41 bits per heavy atom. The van der Waals surface area contributed by atoms with Crippen molar-refractivity contribution in [1.82, 2.24) is 4.72 Å². The minimum Gasteiger partial charge on any atom is -0.457 e. The number of rotatable bonds is 7. The van der Waals surface area contributed by atoms with Gasteiger partial charge in [0.25, 0.3) is 0 Å². The van der Waals surface area contributed by atoms with Gasteiger partial charge in [-0.05, 0) is 66.9 Å². The van der Waals surface area contributed by atoms with E-state index in [1.165, 1.54) is 18.5 Å². The number of hydrogen-bond donors (Lipinski definition) is 1. The molecule has 0 saturated carbocycles. The lowest BCUT2D eigenvalue weighted by atomic mass is 10.2. The highest BCUT2D eigenvalue weighted by Gasteiger charge is 2.15. The van der Waals surface area contributed by atoms with Crippen molar-refractivity contribution in [3.8, 4) is 11.5 Å². The Labute approximate surface area is 172 Å². The lowest BCUT2D eigenvalue weighted by Crippen LogP contribution is -2.23. The summed E-state index contributed by atoms with van der Waals surface area (Å²) >= 11 is 0. The Kier molecular flexibility index (Phi) is 5.83. The van der Waals surface area contributed by atoms with Gasteiger partial charge in [0.05, 0.1) is 4.90 Å². The molecule has 0 unspecified atom stereocenters. The van der Waals surface area contributed by atoms with E-state index in [-0.39, 0.29) is 11.4 Å². The predicted molar refractivity (Wildman–Crippen MR) is 115 cm³/mol. The molecule has 3 aromatic carbocycles. The zero-order chi connectivity index (χ0) is 20.1. The lowest BCUT2D eigenvalue weighted by molar-refractivity contribution is 0.482. The minimum absolute atomic E-state index is 0.214. The van der Waals surface area contributed by atoms with Crippen LogP contribution in [0.15, 0.2) is 83.8 Å². The second kappa shape index (κ2) is 8.68. The fourth-order valence-electron chi connectivity index (χ4n) is 3.37. The molecule has 1 aliphatic rings. The summed E-state index contributed by atoms with van der Waals surface area (Å²) in [5.74, 6) is 1.30. The van der Waals surface area contributed by atoms with Gasteiger partial charge in [-0.1, -0.05) is 30.3 Å². The van der Waals surface area contributed by atoms with E-state index in [0.29, 0.717) is 11.5 Å². The summed E-state index contributed by atoms with van der Waals surface area (Å²) in [4.78, 5) is 2.57. The molecule has 0 atom stereocenters. The molecule has 4 rings (SSSR count). The van der Waals surface area contributed by atoms with Crippen molar-refractivity contribution in [1.29, 1.82) is 0 Å². The minimum atomic E-state index is -3.59. The van der Waals surface area contributed by atoms with Gasteiger partial charge in [0, 0.05) is 25.3 Å². The van der Waals surface area contributed by atoms with E-state index in [2.05, 4.69) is 21.8 Å². The van der Waals surface area contributed by atoms with Gasteiger partial charge in [-0.3, -0.25) is 0 Å². The van der Waals surface area contributed by atoms with Crippen molar-refractivity contribution in [3.63, 3.8) is 0 Å². The number of hydrogen-bond acceptors (Lipinski definition) is 4. The average molecular weight is 409 g/mol. The molecule has 5 nitrogen and oxygen atoms in total. The molecule has 1 aliphatic heterocycles. The van der Waals surface area contributed by atoms with Gasteiger partial charge in [-0.15, -0.1) is 0 Å². The molecule has 1 fully saturated rings. The van der Waals surface area contributed by atoms with Crippen molar-refractivity contribution in [2.75, 3.05) is 18.0 Å². The number of anilines is 1. The molecule has 1 heterocycles. The van der Waals surface area contributed by atoms with Crippen LogP contribution in [0.4, 0.5) is 5.69 Å². The van der Waals surface area contributed by atoms with Gasteiger partial charge in [0.2, 0.25) is 10.0 Å². The van der Waals surface area contributed by atoms with Crippen LogP contribution in [0.1, 0.15) is 18.4 Å². The molecule has 0 amide bonds. The maximum atomic E-state index is 12.6. The number of ether oxygens (including phenoxy) is 1. The maximum Gasteiger partial charge on any atom is 0.240 e. The largest absolute Gasteiger partial charge is 0.457 e. The zero-order valence-electron chi connectivity index (χ0n) is 16.1. The smallest absolute Gasteiger partial charge is 0.240 e. The van der Waals surface area contributed by atoms with E-state index in [1.54, 1.807) is 24.3 Å². The third-order valence-corrected chi connectivity index (χ3v) is 6.40. The molecule has 0 radical (unpaired) electrons. The topological polar surface area (TPSA) is 58.6 Å². The standard InChI is InChI=1S/C23H24N2O3S/c26-29(27,23-14-12-22(13-15-23)28-21-6-2-1-3-7-21)24-18-19-8-10-20(11-9-19)25-16-4-5-17-25/h1-3,6-15,24H,4-5,16-18H2. The SMILES string of the molecule is O=S(=O)(NCc1ccc(N2CCCC2)cc1)c1ccc(Oc2ccccc2)cc1. The van der Waals surface area contributed by atoms with E-state index in [0.717, 1.165) is 18.7 Å². The normalized spacial score (nSPS) is 14.1. The first kappa shape index (κ1) is 19.5. The van der Waals surface area contributed by atoms with Gasteiger partial charge < -0.3 is 9.64 Å². The molecule has 150 valence electrons. The van der Waals surface area contributed by atoms with Gasteiger partial charge in [0.1, 0.15) is 11.5 Å². The monoisotopic (exact) mass is 408 g/mol. The fraction of sp³-hybridized carbons (Fsp3) is 0.217. The van der Waals surface area contributed by atoms with Crippen molar-refractivity contribution in [2.45, 2.75) is 24.3 Å². The average Bonchev–Trinajstić information content (AvgIpc) is 3.29. The first-order chi connectivity index (χ1) is 14.1. The second-order valence-corrected chi connectivity index (χ2v) is 8.84. The van der Waals surface area contributed by atoms with Crippen LogP contribution in [0.5, 0.6) is 11.5 Å². The number of benzene rings is 3.